The third-order valence-electron chi connectivity index (χ3n) is 10.3. The Bertz CT molecular complexity index is 1150. The molecule has 0 N–H and O–H groups in total. The average Bonchev–Trinajstić information content (AvgIpc) is 3.29. The molecule has 5 fully saturated rings. The van der Waals surface area contributed by atoms with Crippen molar-refractivity contribution in [2.24, 2.45) is 23.2 Å². The summed E-state index contributed by atoms with van der Waals surface area (Å²) in [4.78, 5) is 45.4. The Morgan fingerprint density at radius 3 is 2.33 bits per heavy atom. The van der Waals surface area contributed by atoms with E-state index in [0.717, 1.165) is 31.2 Å². The van der Waals surface area contributed by atoms with Crippen LogP contribution in [0.3, 0.4) is 0 Å². The van der Waals surface area contributed by atoms with Crippen LogP contribution in [-0.2, 0) is 14.3 Å². The first kappa shape index (κ1) is 27.2. The number of piperidine rings is 1. The predicted molar refractivity (Wildman–Crippen MR) is 150 cm³/mol. The number of hydrogen-bond donors (Lipinski definition) is 0. The van der Waals surface area contributed by atoms with Crippen molar-refractivity contribution in [1.29, 1.82) is 0 Å². The van der Waals surface area contributed by atoms with Crippen LogP contribution in [0, 0.1) is 23.2 Å². The summed E-state index contributed by atoms with van der Waals surface area (Å²) in [6.07, 6.45) is 7.53. The van der Waals surface area contributed by atoms with Gasteiger partial charge in [-0.15, -0.1) is 0 Å². The molecule has 0 radical (unpaired) electrons. The van der Waals surface area contributed by atoms with Crippen LogP contribution in [0.25, 0.3) is 0 Å². The molecule has 1 unspecified atom stereocenters. The molecule has 0 aromatic heterocycles. The minimum atomic E-state index is -0.308. The summed E-state index contributed by atoms with van der Waals surface area (Å²) < 4.78 is 6.02. The number of benzene rings is 1. The number of nitrogens with zero attached hydrogens (tertiary/aromatic N) is 3. The molecule has 2 heterocycles. The SMILES string of the molecule is CN(C(=O)O[C@@H]1CC2CC[C@@H]1C2)[C@H]1CN(C(=O)C2CCN(C(=O)C3(C)CC3)CC2)C[C@@H]1c1ccc(Cl)c(Cl)c1. The summed E-state index contributed by atoms with van der Waals surface area (Å²) in [6, 6.07) is 5.35. The molecule has 1 aromatic rings. The van der Waals surface area contributed by atoms with Crippen LogP contribution < -0.4 is 0 Å². The lowest BCUT2D eigenvalue weighted by molar-refractivity contribution is -0.142. The molecule has 5 atom stereocenters. The van der Waals surface area contributed by atoms with Crippen molar-refractivity contribution in [3.63, 3.8) is 0 Å². The third kappa shape index (κ3) is 5.26. The second kappa shape index (κ2) is 10.4. The number of rotatable bonds is 5. The Labute approximate surface area is 241 Å². The van der Waals surface area contributed by atoms with Gasteiger partial charge in [0.15, 0.2) is 0 Å². The van der Waals surface area contributed by atoms with Gasteiger partial charge in [-0.1, -0.05) is 36.2 Å². The van der Waals surface area contributed by atoms with Crippen LogP contribution in [0.4, 0.5) is 4.79 Å². The van der Waals surface area contributed by atoms with Gasteiger partial charge in [0.05, 0.1) is 16.1 Å². The van der Waals surface area contributed by atoms with Crippen LogP contribution in [-0.4, -0.2) is 78.0 Å². The lowest BCUT2D eigenvalue weighted by Gasteiger charge is -2.34. The summed E-state index contributed by atoms with van der Waals surface area (Å²) >= 11 is 12.6. The maximum Gasteiger partial charge on any atom is 0.410 e. The zero-order valence-corrected chi connectivity index (χ0v) is 24.4. The number of likely N-dealkylation sites (N-methyl/N-ethyl adjacent to an activating group) is 1. The molecule has 39 heavy (non-hydrogen) atoms. The number of likely N-dealkylation sites (tertiary alicyclic amines) is 2. The molecule has 9 heteroatoms. The zero-order valence-electron chi connectivity index (χ0n) is 22.9. The number of carbonyl (C=O) groups excluding carboxylic acids is 3. The van der Waals surface area contributed by atoms with E-state index in [1.807, 2.05) is 28.9 Å². The van der Waals surface area contributed by atoms with Crippen molar-refractivity contribution in [3.05, 3.63) is 33.8 Å². The van der Waals surface area contributed by atoms with Crippen LogP contribution >= 0.6 is 23.2 Å². The van der Waals surface area contributed by atoms with Crippen molar-refractivity contribution in [1.82, 2.24) is 14.7 Å². The Kier molecular flexibility index (Phi) is 7.28. The first-order valence-corrected chi connectivity index (χ1v) is 15.3. The quantitative estimate of drug-likeness (QED) is 0.459. The van der Waals surface area contributed by atoms with Crippen LogP contribution in [0.15, 0.2) is 18.2 Å². The van der Waals surface area contributed by atoms with Gasteiger partial charge in [0.2, 0.25) is 11.8 Å². The first-order chi connectivity index (χ1) is 18.6. The van der Waals surface area contributed by atoms with Crippen molar-refractivity contribution >= 4 is 41.1 Å². The Balaban J connectivity index is 1.14. The lowest BCUT2D eigenvalue weighted by Crippen LogP contribution is -2.47. The van der Waals surface area contributed by atoms with Gasteiger partial charge >= 0.3 is 6.09 Å². The first-order valence-electron chi connectivity index (χ1n) is 14.6. The van der Waals surface area contributed by atoms with Crippen molar-refractivity contribution in [2.45, 2.75) is 76.4 Å². The second-order valence-electron chi connectivity index (χ2n) is 12.9. The number of ether oxygens (including phenoxy) is 1. The van der Waals surface area contributed by atoms with Crippen molar-refractivity contribution in [2.75, 3.05) is 33.2 Å². The number of halogens is 2. The van der Waals surface area contributed by atoms with Gasteiger partial charge in [-0.05, 0) is 80.9 Å². The number of carbonyl (C=O) groups is 3. The third-order valence-corrected chi connectivity index (χ3v) is 11.1. The maximum absolute atomic E-state index is 13.7. The van der Waals surface area contributed by atoms with E-state index in [1.54, 1.807) is 18.0 Å². The minimum Gasteiger partial charge on any atom is -0.446 e. The van der Waals surface area contributed by atoms with E-state index < -0.39 is 0 Å². The van der Waals surface area contributed by atoms with E-state index in [0.29, 0.717) is 60.9 Å². The lowest BCUT2D eigenvalue weighted by atomic mass is 9.93. The van der Waals surface area contributed by atoms with Crippen LogP contribution in [0.1, 0.15) is 69.8 Å². The highest BCUT2D eigenvalue weighted by molar-refractivity contribution is 6.42. The van der Waals surface area contributed by atoms with E-state index in [1.165, 1.54) is 12.8 Å². The number of fused-ring (bicyclic) bond motifs is 2. The largest absolute Gasteiger partial charge is 0.446 e. The smallest absolute Gasteiger partial charge is 0.410 e. The topological polar surface area (TPSA) is 70.2 Å². The molecule has 3 aliphatic carbocycles. The second-order valence-corrected chi connectivity index (χ2v) is 13.7. The predicted octanol–water partition coefficient (Wildman–Crippen LogP) is 5.58. The van der Waals surface area contributed by atoms with Crippen LogP contribution in [0.5, 0.6) is 0 Å². The van der Waals surface area contributed by atoms with Gasteiger partial charge in [-0.25, -0.2) is 4.79 Å². The molecule has 3 amide bonds. The average molecular weight is 577 g/mol. The highest BCUT2D eigenvalue weighted by Crippen LogP contribution is 2.47. The Morgan fingerprint density at radius 2 is 1.72 bits per heavy atom. The normalized spacial score (nSPS) is 31.4. The Hall–Kier alpha value is -1.99. The molecule has 5 aliphatic rings. The van der Waals surface area contributed by atoms with Crippen LogP contribution in [0.2, 0.25) is 10.0 Å². The molecule has 6 rings (SSSR count). The number of hydrogen-bond acceptors (Lipinski definition) is 4. The van der Waals surface area contributed by atoms with Gasteiger partial charge in [0.25, 0.3) is 0 Å². The van der Waals surface area contributed by atoms with Gasteiger partial charge in [-0.2, -0.15) is 0 Å². The molecule has 1 aromatic carbocycles. The van der Waals surface area contributed by atoms with E-state index >= 15 is 0 Å². The minimum absolute atomic E-state index is 0.00653. The highest BCUT2D eigenvalue weighted by atomic mass is 35.5. The molecule has 2 bridgehead atoms. The zero-order chi connectivity index (χ0) is 27.5. The molecule has 3 saturated carbocycles. The van der Waals surface area contributed by atoms with Gasteiger partial charge in [0.1, 0.15) is 6.10 Å². The molecular formula is C30H39Cl2N3O4. The highest BCUT2D eigenvalue weighted by Gasteiger charge is 2.49. The van der Waals surface area contributed by atoms with E-state index in [-0.39, 0.29) is 47.3 Å². The van der Waals surface area contributed by atoms with E-state index in [2.05, 4.69) is 0 Å². The fraction of sp³-hybridized carbons (Fsp3) is 0.700. The monoisotopic (exact) mass is 575 g/mol. The fourth-order valence-electron chi connectivity index (χ4n) is 7.48. The fourth-order valence-corrected chi connectivity index (χ4v) is 7.79. The standard InChI is InChI=1S/C30H39Cl2N3O4/c1-30(9-10-30)28(37)34-11-7-19(8-12-34)27(36)35-16-22(20-5-6-23(31)24(32)15-20)25(17-35)33(2)29(38)39-26-14-18-3-4-21(26)13-18/h5-6,15,18-19,21-22,25-26H,3-4,7-14,16-17H2,1-2H3/t18?,21-,22-,25+,26-/m1/s1. The summed E-state index contributed by atoms with van der Waals surface area (Å²) in [6.45, 7) is 4.26. The summed E-state index contributed by atoms with van der Waals surface area (Å²) in [5, 5.41) is 0.944. The molecule has 2 saturated heterocycles. The molecule has 212 valence electrons. The summed E-state index contributed by atoms with van der Waals surface area (Å²) in [5.41, 5.74) is 0.783. The number of amides is 3. The van der Waals surface area contributed by atoms with Gasteiger partial charge < -0.3 is 19.4 Å². The Morgan fingerprint density at radius 1 is 0.974 bits per heavy atom. The van der Waals surface area contributed by atoms with Crippen molar-refractivity contribution < 1.29 is 19.1 Å². The van der Waals surface area contributed by atoms with Gasteiger partial charge in [0, 0.05) is 50.5 Å². The summed E-state index contributed by atoms with van der Waals surface area (Å²) in [5.74, 6) is 1.32. The van der Waals surface area contributed by atoms with E-state index in [4.69, 9.17) is 27.9 Å². The van der Waals surface area contributed by atoms with E-state index in [9.17, 15) is 14.4 Å². The molecule has 2 aliphatic heterocycles. The molecule has 7 nitrogen and oxygen atoms in total. The molecule has 0 spiro atoms. The summed E-state index contributed by atoms with van der Waals surface area (Å²) in [7, 11) is 1.79. The molecular weight excluding hydrogens is 537 g/mol. The maximum atomic E-state index is 13.7. The van der Waals surface area contributed by atoms with Gasteiger partial charge in [-0.3, -0.25) is 9.59 Å². The van der Waals surface area contributed by atoms with Crippen molar-refractivity contribution in [3.8, 4) is 0 Å².